The molecule has 2 aliphatic rings. The van der Waals surface area contributed by atoms with E-state index in [1.165, 1.54) is 16.2 Å². The van der Waals surface area contributed by atoms with Crippen molar-refractivity contribution in [2.75, 3.05) is 26.3 Å². The molecule has 0 radical (unpaired) electrons. The van der Waals surface area contributed by atoms with Crippen LogP contribution in [0.4, 0.5) is 0 Å². The molecule has 1 aromatic heterocycles. The van der Waals surface area contributed by atoms with E-state index in [0.717, 1.165) is 29.9 Å². The van der Waals surface area contributed by atoms with Gasteiger partial charge in [-0.15, -0.1) is 11.3 Å². The predicted molar refractivity (Wildman–Crippen MR) is 116 cm³/mol. The van der Waals surface area contributed by atoms with Gasteiger partial charge in [0.25, 0.3) is 5.91 Å². The fourth-order valence-corrected chi connectivity index (χ4v) is 4.54. The summed E-state index contributed by atoms with van der Waals surface area (Å²) in [5.74, 6) is 0.417. The minimum atomic E-state index is -0.134. The van der Waals surface area contributed by atoms with E-state index >= 15 is 0 Å². The number of carbonyl (C=O) groups excluding carboxylic acids is 3. The van der Waals surface area contributed by atoms with Crippen LogP contribution < -0.4 is 4.74 Å². The Hall–Kier alpha value is -2.71. The Kier molecular flexibility index (Phi) is 6.99. The standard InChI is InChI=1S/C23H26N2O5S/c26-21-9-10-22(27)25(21)11-13-30-18-7-5-17(6-8-18)15-24(16-19-3-1-12-29-19)23(28)20-4-2-14-31-20/h2,4-8,14,19H,1,3,9-13,15-16H2/t19-/m1/s1. The first-order valence-corrected chi connectivity index (χ1v) is 11.5. The lowest BCUT2D eigenvalue weighted by Crippen LogP contribution is -2.36. The van der Waals surface area contributed by atoms with Crippen LogP contribution in [0.5, 0.6) is 5.75 Å². The van der Waals surface area contributed by atoms with Crippen molar-refractivity contribution in [3.8, 4) is 5.75 Å². The lowest BCUT2D eigenvalue weighted by Gasteiger charge is -2.25. The molecule has 2 fully saturated rings. The fraction of sp³-hybridized carbons (Fsp3) is 0.435. The minimum Gasteiger partial charge on any atom is -0.492 e. The van der Waals surface area contributed by atoms with Crippen molar-refractivity contribution in [1.82, 2.24) is 9.80 Å². The number of ether oxygens (including phenoxy) is 2. The first kappa shape index (κ1) is 21.5. The summed E-state index contributed by atoms with van der Waals surface area (Å²) in [7, 11) is 0. The molecule has 8 heteroatoms. The van der Waals surface area contributed by atoms with Crippen molar-refractivity contribution in [2.24, 2.45) is 0 Å². The van der Waals surface area contributed by atoms with Crippen molar-refractivity contribution in [2.45, 2.75) is 38.3 Å². The highest BCUT2D eigenvalue weighted by Crippen LogP contribution is 2.21. The molecular formula is C23H26N2O5S. The smallest absolute Gasteiger partial charge is 0.264 e. The number of rotatable bonds is 9. The zero-order valence-electron chi connectivity index (χ0n) is 17.3. The number of benzene rings is 1. The predicted octanol–water partition coefficient (Wildman–Crippen LogP) is 3.10. The van der Waals surface area contributed by atoms with Crippen molar-refractivity contribution in [3.05, 3.63) is 52.2 Å². The van der Waals surface area contributed by atoms with Crippen molar-refractivity contribution in [1.29, 1.82) is 0 Å². The number of nitrogens with zero attached hydrogens (tertiary/aromatic N) is 2. The van der Waals surface area contributed by atoms with Crippen LogP contribution in [0.15, 0.2) is 41.8 Å². The fourth-order valence-electron chi connectivity index (χ4n) is 3.85. The summed E-state index contributed by atoms with van der Waals surface area (Å²) in [6.45, 7) is 2.36. The molecule has 0 spiro atoms. The molecule has 1 atom stereocenters. The van der Waals surface area contributed by atoms with E-state index in [4.69, 9.17) is 9.47 Å². The van der Waals surface area contributed by atoms with Gasteiger partial charge in [-0.3, -0.25) is 19.3 Å². The molecule has 0 unspecified atom stereocenters. The third-order valence-electron chi connectivity index (χ3n) is 5.50. The Labute approximate surface area is 185 Å². The molecule has 0 saturated carbocycles. The van der Waals surface area contributed by atoms with Crippen LogP contribution in [-0.2, 0) is 20.9 Å². The normalized spacial score (nSPS) is 18.6. The summed E-state index contributed by atoms with van der Waals surface area (Å²) >= 11 is 1.45. The highest BCUT2D eigenvalue weighted by molar-refractivity contribution is 7.12. The van der Waals surface area contributed by atoms with E-state index in [2.05, 4.69) is 0 Å². The molecule has 0 N–H and O–H groups in total. The van der Waals surface area contributed by atoms with E-state index < -0.39 is 0 Å². The first-order chi connectivity index (χ1) is 15.1. The third-order valence-corrected chi connectivity index (χ3v) is 6.36. The molecule has 3 heterocycles. The van der Waals surface area contributed by atoms with Gasteiger partial charge in [-0.1, -0.05) is 18.2 Å². The summed E-state index contributed by atoms with van der Waals surface area (Å²) in [5.41, 5.74) is 1.00. The van der Waals surface area contributed by atoms with Gasteiger partial charge in [0.15, 0.2) is 0 Å². The molecule has 4 rings (SSSR count). The molecule has 164 valence electrons. The summed E-state index contributed by atoms with van der Waals surface area (Å²) in [5, 5.41) is 1.91. The van der Waals surface area contributed by atoms with Gasteiger partial charge >= 0.3 is 0 Å². The molecule has 0 aliphatic carbocycles. The molecular weight excluding hydrogens is 416 g/mol. The summed E-state index contributed by atoms with van der Waals surface area (Å²) in [6.07, 6.45) is 2.68. The number of hydrogen-bond acceptors (Lipinski definition) is 6. The van der Waals surface area contributed by atoms with E-state index in [9.17, 15) is 14.4 Å². The van der Waals surface area contributed by atoms with Crippen LogP contribution in [0.2, 0.25) is 0 Å². The molecule has 31 heavy (non-hydrogen) atoms. The SMILES string of the molecule is O=C(c1cccs1)N(Cc1ccc(OCCN2C(=O)CCC2=O)cc1)C[C@H]1CCCO1. The van der Waals surface area contributed by atoms with Crippen LogP contribution in [0, 0.1) is 0 Å². The number of hydrogen-bond donors (Lipinski definition) is 0. The maximum absolute atomic E-state index is 13.0. The van der Waals surface area contributed by atoms with Crippen LogP contribution >= 0.6 is 11.3 Å². The van der Waals surface area contributed by atoms with Crippen LogP contribution in [0.3, 0.4) is 0 Å². The van der Waals surface area contributed by atoms with E-state index in [0.29, 0.717) is 31.7 Å². The van der Waals surface area contributed by atoms with Crippen LogP contribution in [-0.4, -0.2) is 59.9 Å². The highest BCUT2D eigenvalue weighted by atomic mass is 32.1. The Morgan fingerprint density at radius 3 is 2.58 bits per heavy atom. The van der Waals surface area contributed by atoms with Gasteiger partial charge in [0.1, 0.15) is 12.4 Å². The molecule has 2 aliphatic heterocycles. The highest BCUT2D eigenvalue weighted by Gasteiger charge is 2.28. The van der Waals surface area contributed by atoms with Crippen molar-refractivity contribution in [3.63, 3.8) is 0 Å². The number of thiophene rings is 1. The average Bonchev–Trinajstić information content (AvgIpc) is 3.54. The molecule has 2 saturated heterocycles. The maximum Gasteiger partial charge on any atom is 0.264 e. The second kappa shape index (κ2) is 10.1. The van der Waals surface area contributed by atoms with E-state index in [-0.39, 0.29) is 37.0 Å². The zero-order chi connectivity index (χ0) is 21.6. The molecule has 3 amide bonds. The van der Waals surface area contributed by atoms with E-state index in [1.807, 2.05) is 46.7 Å². The Balaban J connectivity index is 1.34. The monoisotopic (exact) mass is 442 g/mol. The van der Waals surface area contributed by atoms with Gasteiger partial charge in [0.05, 0.1) is 17.5 Å². The van der Waals surface area contributed by atoms with Gasteiger partial charge in [0.2, 0.25) is 11.8 Å². The van der Waals surface area contributed by atoms with Gasteiger partial charge in [-0.2, -0.15) is 0 Å². The minimum absolute atomic E-state index is 0.0192. The van der Waals surface area contributed by atoms with Crippen molar-refractivity contribution >= 4 is 29.1 Å². The quantitative estimate of drug-likeness (QED) is 0.558. The van der Waals surface area contributed by atoms with Gasteiger partial charge in [-0.25, -0.2) is 0 Å². The molecule has 0 bridgehead atoms. The average molecular weight is 443 g/mol. The summed E-state index contributed by atoms with van der Waals surface area (Å²) in [4.78, 5) is 40.1. The zero-order valence-corrected chi connectivity index (χ0v) is 18.1. The maximum atomic E-state index is 13.0. The number of imide groups is 1. The van der Waals surface area contributed by atoms with Crippen molar-refractivity contribution < 1.29 is 23.9 Å². The number of carbonyl (C=O) groups is 3. The van der Waals surface area contributed by atoms with Gasteiger partial charge < -0.3 is 14.4 Å². The van der Waals surface area contributed by atoms with Gasteiger partial charge in [0, 0.05) is 32.5 Å². The second-order valence-electron chi connectivity index (χ2n) is 7.73. The Morgan fingerprint density at radius 2 is 1.94 bits per heavy atom. The Bertz CT molecular complexity index is 891. The molecule has 7 nitrogen and oxygen atoms in total. The largest absolute Gasteiger partial charge is 0.492 e. The third kappa shape index (κ3) is 5.51. The van der Waals surface area contributed by atoms with Gasteiger partial charge in [-0.05, 0) is 42.0 Å². The first-order valence-electron chi connectivity index (χ1n) is 10.6. The number of amides is 3. The lowest BCUT2D eigenvalue weighted by atomic mass is 10.1. The lowest BCUT2D eigenvalue weighted by molar-refractivity contribution is -0.138. The molecule has 2 aromatic rings. The second-order valence-corrected chi connectivity index (χ2v) is 8.68. The topological polar surface area (TPSA) is 76.2 Å². The number of likely N-dealkylation sites (tertiary alicyclic amines) is 1. The summed E-state index contributed by atoms with van der Waals surface area (Å²) < 4.78 is 11.4. The van der Waals surface area contributed by atoms with E-state index in [1.54, 1.807) is 0 Å². The summed E-state index contributed by atoms with van der Waals surface area (Å²) in [6, 6.07) is 11.3. The van der Waals surface area contributed by atoms with Crippen LogP contribution in [0.1, 0.15) is 40.9 Å². The molecule has 1 aromatic carbocycles. The Morgan fingerprint density at radius 1 is 1.16 bits per heavy atom. The van der Waals surface area contributed by atoms with Crippen LogP contribution in [0.25, 0.3) is 0 Å².